The molecule has 19 heavy (non-hydrogen) atoms. The number of aromatic nitrogens is 3. The Morgan fingerprint density at radius 1 is 1.58 bits per heavy atom. The maximum absolute atomic E-state index is 11.7. The normalized spacial score (nSPS) is 12.1. The number of thiazole rings is 1. The van der Waals surface area contributed by atoms with Crippen molar-refractivity contribution in [2.75, 3.05) is 0 Å². The first kappa shape index (κ1) is 13.5. The lowest BCUT2D eigenvalue weighted by Crippen LogP contribution is -2.42. The average molecular weight is 279 g/mol. The molecule has 2 amide bonds. The van der Waals surface area contributed by atoms with Gasteiger partial charge in [0.25, 0.3) is 0 Å². The first-order valence-electron chi connectivity index (χ1n) is 6.06. The molecule has 0 fully saturated rings. The number of rotatable bonds is 5. The zero-order valence-electron chi connectivity index (χ0n) is 11.0. The molecule has 0 bridgehead atoms. The number of hydrogen-bond donors (Lipinski definition) is 2. The van der Waals surface area contributed by atoms with Crippen LogP contribution in [0.3, 0.4) is 0 Å². The third kappa shape index (κ3) is 4.36. The minimum Gasteiger partial charge on any atom is -0.334 e. The summed E-state index contributed by atoms with van der Waals surface area (Å²) in [4.78, 5) is 16.0. The minimum atomic E-state index is -0.187. The van der Waals surface area contributed by atoms with Crippen molar-refractivity contribution in [3.63, 3.8) is 0 Å². The van der Waals surface area contributed by atoms with Crippen LogP contribution < -0.4 is 10.6 Å². The third-order valence-corrected chi connectivity index (χ3v) is 3.43. The van der Waals surface area contributed by atoms with Gasteiger partial charge in [0.1, 0.15) is 5.01 Å². The first-order chi connectivity index (χ1) is 9.13. The van der Waals surface area contributed by atoms with E-state index in [9.17, 15) is 4.79 Å². The van der Waals surface area contributed by atoms with Crippen LogP contribution in [0.25, 0.3) is 0 Å². The van der Waals surface area contributed by atoms with Crippen LogP contribution in [-0.4, -0.2) is 26.8 Å². The molecule has 0 saturated carbocycles. The second-order valence-electron chi connectivity index (χ2n) is 4.34. The van der Waals surface area contributed by atoms with Crippen molar-refractivity contribution in [1.82, 2.24) is 25.4 Å². The van der Waals surface area contributed by atoms with E-state index in [1.54, 1.807) is 22.2 Å². The van der Waals surface area contributed by atoms with E-state index in [1.165, 1.54) is 0 Å². The highest BCUT2D eigenvalue weighted by Gasteiger charge is 2.08. The van der Waals surface area contributed by atoms with Gasteiger partial charge in [-0.15, -0.1) is 11.3 Å². The highest BCUT2D eigenvalue weighted by Crippen LogP contribution is 2.07. The number of urea groups is 1. The zero-order valence-corrected chi connectivity index (χ0v) is 11.8. The van der Waals surface area contributed by atoms with Crippen LogP contribution in [0.15, 0.2) is 23.8 Å². The van der Waals surface area contributed by atoms with Crippen LogP contribution in [-0.2, 0) is 13.1 Å². The molecule has 2 aromatic rings. The molecular weight excluding hydrogens is 262 g/mol. The third-order valence-electron chi connectivity index (χ3n) is 2.46. The molecule has 1 atom stereocenters. The zero-order chi connectivity index (χ0) is 13.7. The van der Waals surface area contributed by atoms with E-state index >= 15 is 0 Å². The smallest absolute Gasteiger partial charge is 0.315 e. The van der Waals surface area contributed by atoms with E-state index in [1.807, 2.05) is 31.5 Å². The number of carbonyl (C=O) groups is 1. The quantitative estimate of drug-likeness (QED) is 0.872. The van der Waals surface area contributed by atoms with Gasteiger partial charge in [-0.05, 0) is 19.9 Å². The Morgan fingerprint density at radius 3 is 3.05 bits per heavy atom. The van der Waals surface area contributed by atoms with Gasteiger partial charge in [0.2, 0.25) is 0 Å². The summed E-state index contributed by atoms with van der Waals surface area (Å²) in [5, 5.41) is 12.6. The fourth-order valence-corrected chi connectivity index (χ4v) is 2.36. The minimum absolute atomic E-state index is 0.0120. The van der Waals surface area contributed by atoms with Crippen molar-refractivity contribution in [2.45, 2.75) is 33.0 Å². The summed E-state index contributed by atoms with van der Waals surface area (Å²) in [7, 11) is 0. The van der Waals surface area contributed by atoms with Crippen LogP contribution in [0.1, 0.15) is 17.6 Å². The molecule has 0 radical (unpaired) electrons. The van der Waals surface area contributed by atoms with Gasteiger partial charge >= 0.3 is 6.03 Å². The van der Waals surface area contributed by atoms with Gasteiger partial charge < -0.3 is 10.6 Å². The molecule has 7 heteroatoms. The molecule has 0 aliphatic rings. The van der Waals surface area contributed by atoms with Crippen LogP contribution in [0, 0.1) is 6.92 Å². The molecule has 0 aliphatic heterocycles. The summed E-state index contributed by atoms with van der Waals surface area (Å²) < 4.78 is 1.79. The summed E-state index contributed by atoms with van der Waals surface area (Å²) >= 11 is 1.55. The van der Waals surface area contributed by atoms with Crippen molar-refractivity contribution in [2.24, 2.45) is 0 Å². The molecular formula is C12H17N5OS. The Hall–Kier alpha value is -1.89. The lowest BCUT2D eigenvalue weighted by atomic mass is 10.3. The van der Waals surface area contributed by atoms with Gasteiger partial charge in [-0.1, -0.05) is 0 Å². The standard InChI is InChI=1S/C12H17N5OS/c1-9(7-17-5-3-4-14-17)16-12(18)13-6-11-15-10(2)8-19-11/h3-5,8-9H,6-7H2,1-2H3,(H2,13,16,18)/t9-/m0/s1. The molecule has 0 saturated heterocycles. The second-order valence-corrected chi connectivity index (χ2v) is 5.28. The maximum Gasteiger partial charge on any atom is 0.315 e. The van der Waals surface area contributed by atoms with Crippen LogP contribution in [0.4, 0.5) is 4.79 Å². The predicted octanol–water partition coefficient (Wildman–Crippen LogP) is 1.54. The van der Waals surface area contributed by atoms with Crippen molar-refractivity contribution < 1.29 is 4.79 Å². The van der Waals surface area contributed by atoms with E-state index in [2.05, 4.69) is 20.7 Å². The monoisotopic (exact) mass is 279 g/mol. The summed E-state index contributed by atoms with van der Waals surface area (Å²) in [5.74, 6) is 0. The highest BCUT2D eigenvalue weighted by molar-refractivity contribution is 7.09. The maximum atomic E-state index is 11.7. The van der Waals surface area contributed by atoms with Crippen molar-refractivity contribution in [3.8, 4) is 0 Å². The molecule has 6 nitrogen and oxygen atoms in total. The molecule has 2 N–H and O–H groups in total. The van der Waals surface area contributed by atoms with Gasteiger partial charge in [-0.25, -0.2) is 9.78 Å². The van der Waals surface area contributed by atoms with E-state index < -0.39 is 0 Å². The molecule has 0 aliphatic carbocycles. The molecule has 0 aromatic carbocycles. The molecule has 0 spiro atoms. The van der Waals surface area contributed by atoms with Crippen LogP contribution in [0.2, 0.25) is 0 Å². The largest absolute Gasteiger partial charge is 0.334 e. The summed E-state index contributed by atoms with van der Waals surface area (Å²) in [6.45, 7) is 4.98. The topological polar surface area (TPSA) is 71.8 Å². The van der Waals surface area contributed by atoms with E-state index in [4.69, 9.17) is 0 Å². The van der Waals surface area contributed by atoms with E-state index in [0.29, 0.717) is 13.1 Å². The summed E-state index contributed by atoms with van der Waals surface area (Å²) in [6.07, 6.45) is 3.59. The van der Waals surface area contributed by atoms with E-state index in [-0.39, 0.29) is 12.1 Å². The summed E-state index contributed by atoms with van der Waals surface area (Å²) in [6, 6.07) is 1.68. The average Bonchev–Trinajstić information content (AvgIpc) is 2.98. The Kier molecular flexibility index (Phi) is 4.51. The number of nitrogens with one attached hydrogen (secondary N) is 2. The summed E-state index contributed by atoms with van der Waals surface area (Å²) in [5.41, 5.74) is 0.981. The Morgan fingerprint density at radius 2 is 2.42 bits per heavy atom. The SMILES string of the molecule is Cc1csc(CNC(=O)N[C@@H](C)Cn2cccn2)n1. The van der Waals surface area contributed by atoms with Crippen molar-refractivity contribution in [1.29, 1.82) is 0 Å². The van der Waals surface area contributed by atoms with Crippen LogP contribution in [0.5, 0.6) is 0 Å². The van der Waals surface area contributed by atoms with Gasteiger partial charge in [0.05, 0.1) is 13.1 Å². The van der Waals surface area contributed by atoms with Gasteiger partial charge in [-0.2, -0.15) is 5.10 Å². The fourth-order valence-electron chi connectivity index (χ4n) is 1.65. The number of amides is 2. The lowest BCUT2D eigenvalue weighted by Gasteiger charge is -2.14. The second kappa shape index (κ2) is 6.33. The molecule has 2 heterocycles. The Bertz CT molecular complexity index is 522. The number of hydrogen-bond acceptors (Lipinski definition) is 4. The lowest BCUT2D eigenvalue weighted by molar-refractivity contribution is 0.235. The van der Waals surface area contributed by atoms with Crippen LogP contribution >= 0.6 is 11.3 Å². The number of aryl methyl sites for hydroxylation is 1. The molecule has 102 valence electrons. The number of nitrogens with zero attached hydrogens (tertiary/aromatic N) is 3. The molecule has 2 aromatic heterocycles. The highest BCUT2D eigenvalue weighted by atomic mass is 32.1. The molecule has 2 rings (SSSR count). The van der Waals surface area contributed by atoms with E-state index in [0.717, 1.165) is 10.7 Å². The Balaban J connectivity index is 1.71. The van der Waals surface area contributed by atoms with Gasteiger partial charge in [0, 0.05) is 29.5 Å². The number of carbonyl (C=O) groups excluding carboxylic acids is 1. The van der Waals surface area contributed by atoms with Gasteiger partial charge in [-0.3, -0.25) is 4.68 Å². The van der Waals surface area contributed by atoms with Crippen molar-refractivity contribution in [3.05, 3.63) is 34.5 Å². The fraction of sp³-hybridized carbons (Fsp3) is 0.417. The predicted molar refractivity (Wildman–Crippen MR) is 73.9 cm³/mol. The van der Waals surface area contributed by atoms with Gasteiger partial charge in [0.15, 0.2) is 0 Å². The Labute approximate surface area is 115 Å². The molecule has 0 unspecified atom stereocenters. The first-order valence-corrected chi connectivity index (χ1v) is 6.94. The van der Waals surface area contributed by atoms with Crippen molar-refractivity contribution >= 4 is 17.4 Å².